The summed E-state index contributed by atoms with van der Waals surface area (Å²) in [6, 6.07) is 9.69. The minimum absolute atomic E-state index is 0. The summed E-state index contributed by atoms with van der Waals surface area (Å²) in [5, 5.41) is 15.5. The average Bonchev–Trinajstić information content (AvgIpc) is 2.97. The first kappa shape index (κ1) is 19.7. The van der Waals surface area contributed by atoms with Gasteiger partial charge in [-0.2, -0.15) is 5.26 Å². The predicted molar refractivity (Wildman–Crippen MR) is 103 cm³/mol. The number of nitriles is 1. The van der Waals surface area contributed by atoms with E-state index >= 15 is 0 Å². The standard InChI is InChI=1S/C17H24N4O.HI/c1-3-19-16(21-13-17(2)8-5-9-22-17)20-12-15-7-4-6-14(10-15)11-18;/h4,6-7,10H,3,5,8-9,12-13H2,1-2H3,(H2,19,20,21);1H. The zero-order valence-electron chi connectivity index (χ0n) is 13.8. The maximum absolute atomic E-state index is 8.93. The van der Waals surface area contributed by atoms with Crippen molar-refractivity contribution in [2.24, 2.45) is 4.99 Å². The first-order chi connectivity index (χ1) is 10.6. The molecule has 0 amide bonds. The fourth-order valence-corrected chi connectivity index (χ4v) is 2.50. The maximum Gasteiger partial charge on any atom is 0.191 e. The Hall–Kier alpha value is -1.33. The number of nitrogens with one attached hydrogen (secondary N) is 2. The van der Waals surface area contributed by atoms with Gasteiger partial charge in [0, 0.05) is 19.7 Å². The SMILES string of the molecule is CCNC(=NCc1cccc(C#N)c1)NCC1(C)CCCO1.I. The van der Waals surface area contributed by atoms with Crippen molar-refractivity contribution in [1.82, 2.24) is 10.6 Å². The molecule has 2 rings (SSSR count). The Morgan fingerprint density at radius 3 is 2.91 bits per heavy atom. The number of halogens is 1. The van der Waals surface area contributed by atoms with E-state index in [1.165, 1.54) is 0 Å². The summed E-state index contributed by atoms with van der Waals surface area (Å²) in [4.78, 5) is 4.58. The molecule has 0 bridgehead atoms. The van der Waals surface area contributed by atoms with Gasteiger partial charge in [0.25, 0.3) is 0 Å². The quantitative estimate of drug-likeness (QED) is 0.430. The second-order valence-corrected chi connectivity index (χ2v) is 5.76. The van der Waals surface area contributed by atoms with Crippen LogP contribution in [0.2, 0.25) is 0 Å². The molecular formula is C17H25IN4O. The van der Waals surface area contributed by atoms with E-state index in [9.17, 15) is 0 Å². The van der Waals surface area contributed by atoms with Crippen LogP contribution in [0.4, 0.5) is 0 Å². The molecule has 0 saturated carbocycles. The molecule has 23 heavy (non-hydrogen) atoms. The summed E-state index contributed by atoms with van der Waals surface area (Å²) in [5.41, 5.74) is 1.59. The van der Waals surface area contributed by atoms with Crippen LogP contribution < -0.4 is 10.6 Å². The van der Waals surface area contributed by atoms with Gasteiger partial charge in [0.05, 0.1) is 23.8 Å². The molecule has 1 fully saturated rings. The number of aliphatic imine (C=N–C) groups is 1. The minimum atomic E-state index is -0.100. The molecule has 5 nitrogen and oxygen atoms in total. The van der Waals surface area contributed by atoms with Crippen LogP contribution in [0, 0.1) is 11.3 Å². The van der Waals surface area contributed by atoms with Crippen molar-refractivity contribution < 1.29 is 4.74 Å². The molecule has 0 aromatic heterocycles. The zero-order chi connectivity index (χ0) is 15.8. The largest absolute Gasteiger partial charge is 0.373 e. The van der Waals surface area contributed by atoms with Gasteiger partial charge in [0.15, 0.2) is 5.96 Å². The normalized spacial score (nSPS) is 20.5. The highest BCUT2D eigenvalue weighted by Gasteiger charge is 2.29. The molecule has 1 aromatic rings. The topological polar surface area (TPSA) is 69.4 Å². The number of rotatable bonds is 5. The van der Waals surface area contributed by atoms with Gasteiger partial charge in [-0.15, -0.1) is 24.0 Å². The van der Waals surface area contributed by atoms with E-state index < -0.39 is 0 Å². The molecular weight excluding hydrogens is 403 g/mol. The van der Waals surface area contributed by atoms with Crippen LogP contribution in [0.25, 0.3) is 0 Å². The predicted octanol–water partition coefficient (Wildman–Crippen LogP) is 2.80. The van der Waals surface area contributed by atoms with Crippen molar-refractivity contribution >= 4 is 29.9 Å². The molecule has 1 heterocycles. The van der Waals surface area contributed by atoms with E-state index in [1.807, 2.05) is 25.1 Å². The summed E-state index contributed by atoms with van der Waals surface area (Å²) in [5.74, 6) is 0.779. The van der Waals surface area contributed by atoms with Crippen LogP contribution in [0.15, 0.2) is 29.3 Å². The lowest BCUT2D eigenvalue weighted by molar-refractivity contribution is 0.0243. The lowest BCUT2D eigenvalue weighted by atomic mass is 10.0. The van der Waals surface area contributed by atoms with Gasteiger partial charge in [0.2, 0.25) is 0 Å². The smallest absolute Gasteiger partial charge is 0.191 e. The number of ether oxygens (including phenoxy) is 1. The summed E-state index contributed by atoms with van der Waals surface area (Å²) in [6.07, 6.45) is 2.19. The Morgan fingerprint density at radius 2 is 2.26 bits per heavy atom. The third-order valence-electron chi connectivity index (χ3n) is 3.75. The fraction of sp³-hybridized carbons (Fsp3) is 0.529. The monoisotopic (exact) mass is 428 g/mol. The zero-order valence-corrected chi connectivity index (χ0v) is 16.1. The molecule has 1 aromatic carbocycles. The highest BCUT2D eigenvalue weighted by Crippen LogP contribution is 2.23. The van der Waals surface area contributed by atoms with E-state index in [0.29, 0.717) is 12.1 Å². The molecule has 1 aliphatic heterocycles. The van der Waals surface area contributed by atoms with Gasteiger partial charge < -0.3 is 15.4 Å². The van der Waals surface area contributed by atoms with E-state index in [-0.39, 0.29) is 29.6 Å². The second-order valence-electron chi connectivity index (χ2n) is 5.76. The third-order valence-corrected chi connectivity index (χ3v) is 3.75. The summed E-state index contributed by atoms with van der Waals surface area (Å²) in [6.45, 7) is 7.11. The summed E-state index contributed by atoms with van der Waals surface area (Å²) in [7, 11) is 0. The van der Waals surface area contributed by atoms with Crippen LogP contribution in [-0.2, 0) is 11.3 Å². The van der Waals surface area contributed by atoms with Gasteiger partial charge in [0.1, 0.15) is 0 Å². The van der Waals surface area contributed by atoms with Crippen molar-refractivity contribution in [3.05, 3.63) is 35.4 Å². The molecule has 2 N–H and O–H groups in total. The summed E-state index contributed by atoms with van der Waals surface area (Å²) < 4.78 is 5.78. The first-order valence-electron chi connectivity index (χ1n) is 7.80. The number of hydrogen-bond donors (Lipinski definition) is 2. The van der Waals surface area contributed by atoms with Gasteiger partial charge >= 0.3 is 0 Å². The Balaban J connectivity index is 0.00000264. The van der Waals surface area contributed by atoms with Gasteiger partial charge in [-0.3, -0.25) is 0 Å². The lowest BCUT2D eigenvalue weighted by Gasteiger charge is -2.24. The minimum Gasteiger partial charge on any atom is -0.373 e. The van der Waals surface area contributed by atoms with Crippen molar-refractivity contribution in [1.29, 1.82) is 5.26 Å². The molecule has 126 valence electrons. The number of guanidine groups is 1. The van der Waals surface area contributed by atoms with Crippen LogP contribution >= 0.6 is 24.0 Å². The molecule has 1 aliphatic rings. The van der Waals surface area contributed by atoms with Crippen molar-refractivity contribution in [2.75, 3.05) is 19.7 Å². The fourth-order valence-electron chi connectivity index (χ4n) is 2.50. The first-order valence-corrected chi connectivity index (χ1v) is 7.80. The van der Waals surface area contributed by atoms with Gasteiger partial charge in [-0.25, -0.2) is 4.99 Å². The van der Waals surface area contributed by atoms with Gasteiger partial charge in [-0.1, -0.05) is 12.1 Å². The Morgan fingerprint density at radius 1 is 1.43 bits per heavy atom. The number of nitrogens with zero attached hydrogens (tertiary/aromatic N) is 2. The van der Waals surface area contributed by atoms with E-state index in [4.69, 9.17) is 10.00 Å². The molecule has 6 heteroatoms. The lowest BCUT2D eigenvalue weighted by Crippen LogP contribution is -2.45. The average molecular weight is 428 g/mol. The number of hydrogen-bond acceptors (Lipinski definition) is 3. The molecule has 1 unspecified atom stereocenters. The van der Waals surface area contributed by atoms with Crippen LogP contribution in [0.3, 0.4) is 0 Å². The van der Waals surface area contributed by atoms with Crippen molar-refractivity contribution in [2.45, 2.75) is 38.8 Å². The highest BCUT2D eigenvalue weighted by atomic mass is 127. The molecule has 0 aliphatic carbocycles. The molecule has 0 spiro atoms. The summed E-state index contributed by atoms with van der Waals surface area (Å²) >= 11 is 0. The highest BCUT2D eigenvalue weighted by molar-refractivity contribution is 14.0. The second kappa shape index (κ2) is 9.73. The third kappa shape index (κ3) is 6.36. The van der Waals surface area contributed by atoms with Crippen LogP contribution in [0.5, 0.6) is 0 Å². The van der Waals surface area contributed by atoms with Crippen LogP contribution in [0.1, 0.15) is 37.8 Å². The maximum atomic E-state index is 8.93. The number of benzene rings is 1. The molecule has 1 atom stereocenters. The van der Waals surface area contributed by atoms with Crippen molar-refractivity contribution in [3.8, 4) is 6.07 Å². The Kier molecular flexibility index (Phi) is 8.34. The Bertz CT molecular complexity index is 562. The molecule has 1 saturated heterocycles. The van der Waals surface area contributed by atoms with Crippen molar-refractivity contribution in [3.63, 3.8) is 0 Å². The van der Waals surface area contributed by atoms with Crippen LogP contribution in [-0.4, -0.2) is 31.3 Å². The molecule has 0 radical (unpaired) electrons. The van der Waals surface area contributed by atoms with Gasteiger partial charge in [-0.05, 0) is 44.4 Å². The van der Waals surface area contributed by atoms with E-state index in [2.05, 4.69) is 28.6 Å². The van der Waals surface area contributed by atoms with E-state index in [1.54, 1.807) is 6.07 Å². The van der Waals surface area contributed by atoms with E-state index in [0.717, 1.165) is 44.1 Å². The Labute approximate surface area is 155 Å².